The molecule has 8 nitrogen and oxygen atoms in total. The van der Waals surface area contributed by atoms with Crippen molar-refractivity contribution in [1.29, 1.82) is 0 Å². The van der Waals surface area contributed by atoms with Crippen molar-refractivity contribution in [2.24, 2.45) is 0 Å². The van der Waals surface area contributed by atoms with E-state index >= 15 is 0 Å². The van der Waals surface area contributed by atoms with Gasteiger partial charge in [-0.25, -0.2) is 4.98 Å². The number of hydrogen-bond acceptors (Lipinski definition) is 8. The van der Waals surface area contributed by atoms with Gasteiger partial charge >= 0.3 is 0 Å². The van der Waals surface area contributed by atoms with Gasteiger partial charge in [0, 0.05) is 44.5 Å². The number of anilines is 4. The number of rotatable bonds is 7. The van der Waals surface area contributed by atoms with E-state index in [1.54, 1.807) is 11.3 Å². The molecule has 1 amide bonds. The summed E-state index contributed by atoms with van der Waals surface area (Å²) in [5.74, 6) is 1.26. The summed E-state index contributed by atoms with van der Waals surface area (Å²) >= 11 is 1.59. The molecule has 2 aromatic heterocycles. The zero-order valence-corrected chi connectivity index (χ0v) is 17.1. The van der Waals surface area contributed by atoms with E-state index in [2.05, 4.69) is 43.0 Å². The topological polar surface area (TPSA) is 91.4 Å². The fraction of sp³-hybridized carbons (Fsp3) is 0.350. The second kappa shape index (κ2) is 9.06. The van der Waals surface area contributed by atoms with E-state index in [9.17, 15) is 4.79 Å². The lowest BCUT2D eigenvalue weighted by atomic mass is 10.2. The van der Waals surface area contributed by atoms with Crippen LogP contribution in [0.3, 0.4) is 0 Å². The van der Waals surface area contributed by atoms with Crippen LogP contribution in [0.1, 0.15) is 6.92 Å². The normalized spacial score (nSPS) is 14.0. The number of aromatic nitrogens is 2. The molecular formula is C20H24N6O2S. The maximum absolute atomic E-state index is 11.0. The van der Waals surface area contributed by atoms with Crippen LogP contribution >= 0.6 is 11.3 Å². The molecule has 3 aromatic rings. The fourth-order valence-corrected chi connectivity index (χ4v) is 3.96. The molecule has 0 unspecified atom stereocenters. The summed E-state index contributed by atoms with van der Waals surface area (Å²) in [6.45, 7) is 6.01. The SMILES string of the molecule is CC(=O)NCCNc1nc(Nc2ccc(N3CCOCC3)cc2)nc2ccsc12. The van der Waals surface area contributed by atoms with Crippen molar-refractivity contribution in [3.05, 3.63) is 35.7 Å². The number of ether oxygens (including phenoxy) is 1. The number of carbonyl (C=O) groups is 1. The molecular weight excluding hydrogens is 388 g/mol. The predicted molar refractivity (Wildman–Crippen MR) is 117 cm³/mol. The number of nitrogens with zero attached hydrogens (tertiary/aromatic N) is 3. The minimum atomic E-state index is -0.0429. The van der Waals surface area contributed by atoms with E-state index in [1.165, 1.54) is 12.6 Å². The smallest absolute Gasteiger partial charge is 0.229 e. The molecule has 9 heteroatoms. The summed E-state index contributed by atoms with van der Waals surface area (Å²) in [4.78, 5) is 22.6. The van der Waals surface area contributed by atoms with Crippen LogP contribution in [0.5, 0.6) is 0 Å². The van der Waals surface area contributed by atoms with Gasteiger partial charge in [0.25, 0.3) is 0 Å². The second-order valence-electron chi connectivity index (χ2n) is 6.71. The standard InChI is InChI=1S/C20H24N6O2S/c1-14(27)21-7-8-22-19-18-17(6-13-29-18)24-20(25-19)23-15-2-4-16(5-3-15)26-9-11-28-12-10-26/h2-6,13H,7-12H2,1H3,(H,21,27)(H2,22,23,24,25). The highest BCUT2D eigenvalue weighted by molar-refractivity contribution is 7.17. The maximum atomic E-state index is 11.0. The molecule has 0 aliphatic carbocycles. The van der Waals surface area contributed by atoms with Gasteiger partial charge in [0.15, 0.2) is 0 Å². The van der Waals surface area contributed by atoms with Crippen LogP contribution in [0, 0.1) is 0 Å². The third-order valence-electron chi connectivity index (χ3n) is 4.59. The number of carbonyl (C=O) groups excluding carboxylic acids is 1. The van der Waals surface area contributed by atoms with E-state index < -0.39 is 0 Å². The first kappa shape index (κ1) is 19.4. The molecule has 4 rings (SSSR count). The van der Waals surface area contributed by atoms with Gasteiger partial charge in [-0.3, -0.25) is 4.79 Å². The van der Waals surface area contributed by atoms with E-state index in [4.69, 9.17) is 4.74 Å². The monoisotopic (exact) mass is 412 g/mol. The largest absolute Gasteiger partial charge is 0.378 e. The van der Waals surface area contributed by atoms with Crippen molar-refractivity contribution in [3.63, 3.8) is 0 Å². The number of thiophene rings is 1. The summed E-state index contributed by atoms with van der Waals surface area (Å²) in [7, 11) is 0. The fourth-order valence-electron chi connectivity index (χ4n) is 3.16. The molecule has 0 bridgehead atoms. The molecule has 1 aromatic carbocycles. The van der Waals surface area contributed by atoms with E-state index in [0.29, 0.717) is 19.0 Å². The Balaban J connectivity index is 1.46. The third-order valence-corrected chi connectivity index (χ3v) is 5.51. The summed E-state index contributed by atoms with van der Waals surface area (Å²) in [6, 6.07) is 10.3. The van der Waals surface area contributed by atoms with Crippen LogP contribution in [0.15, 0.2) is 35.7 Å². The summed E-state index contributed by atoms with van der Waals surface area (Å²) in [5, 5.41) is 11.4. The summed E-state index contributed by atoms with van der Waals surface area (Å²) in [6.07, 6.45) is 0. The zero-order valence-electron chi connectivity index (χ0n) is 16.3. The Bertz CT molecular complexity index is 969. The highest BCUT2D eigenvalue weighted by Crippen LogP contribution is 2.28. The Morgan fingerprint density at radius 1 is 1.14 bits per heavy atom. The first-order valence-electron chi connectivity index (χ1n) is 9.62. The third kappa shape index (κ3) is 4.93. The van der Waals surface area contributed by atoms with E-state index in [-0.39, 0.29) is 5.91 Å². The van der Waals surface area contributed by atoms with Crippen molar-refractivity contribution in [2.75, 3.05) is 54.9 Å². The highest BCUT2D eigenvalue weighted by Gasteiger charge is 2.12. The van der Waals surface area contributed by atoms with Crippen molar-refractivity contribution in [1.82, 2.24) is 15.3 Å². The molecule has 1 saturated heterocycles. The van der Waals surface area contributed by atoms with Gasteiger partial charge in [0.1, 0.15) is 5.82 Å². The zero-order chi connectivity index (χ0) is 20.1. The predicted octanol–water partition coefficient (Wildman–Crippen LogP) is 2.82. The van der Waals surface area contributed by atoms with Crippen LogP contribution in [0.2, 0.25) is 0 Å². The summed E-state index contributed by atoms with van der Waals surface area (Å²) in [5.41, 5.74) is 3.01. The molecule has 0 spiro atoms. The molecule has 0 atom stereocenters. The molecule has 152 valence electrons. The molecule has 0 saturated carbocycles. The Morgan fingerprint density at radius 2 is 1.93 bits per heavy atom. The van der Waals surface area contributed by atoms with Crippen LogP contribution in [-0.4, -0.2) is 55.3 Å². The Kier molecular flexibility index (Phi) is 6.06. The lowest BCUT2D eigenvalue weighted by Gasteiger charge is -2.28. The minimum Gasteiger partial charge on any atom is -0.378 e. The number of benzene rings is 1. The molecule has 3 heterocycles. The van der Waals surface area contributed by atoms with Gasteiger partial charge in [-0.15, -0.1) is 11.3 Å². The lowest BCUT2D eigenvalue weighted by Crippen LogP contribution is -2.36. The first-order valence-corrected chi connectivity index (χ1v) is 10.5. The Morgan fingerprint density at radius 3 is 2.69 bits per heavy atom. The van der Waals surface area contributed by atoms with Crippen LogP contribution in [-0.2, 0) is 9.53 Å². The van der Waals surface area contributed by atoms with Gasteiger partial charge in [0.2, 0.25) is 11.9 Å². The van der Waals surface area contributed by atoms with Gasteiger partial charge in [-0.1, -0.05) is 0 Å². The van der Waals surface area contributed by atoms with E-state index in [1.807, 2.05) is 23.6 Å². The number of amides is 1. The summed E-state index contributed by atoms with van der Waals surface area (Å²) < 4.78 is 6.42. The van der Waals surface area contributed by atoms with E-state index in [0.717, 1.165) is 48.0 Å². The van der Waals surface area contributed by atoms with Gasteiger partial charge < -0.3 is 25.6 Å². The maximum Gasteiger partial charge on any atom is 0.229 e. The van der Waals surface area contributed by atoms with Crippen LogP contribution < -0.4 is 20.9 Å². The van der Waals surface area contributed by atoms with Gasteiger partial charge in [-0.05, 0) is 35.7 Å². The Hall–Kier alpha value is -2.91. The highest BCUT2D eigenvalue weighted by atomic mass is 32.1. The number of fused-ring (bicyclic) bond motifs is 1. The molecule has 1 aliphatic rings. The number of hydrogen-bond donors (Lipinski definition) is 3. The minimum absolute atomic E-state index is 0.0429. The van der Waals surface area contributed by atoms with Crippen molar-refractivity contribution >= 4 is 50.6 Å². The average Bonchev–Trinajstić information content (AvgIpc) is 3.21. The second-order valence-corrected chi connectivity index (χ2v) is 7.63. The van der Waals surface area contributed by atoms with Crippen LogP contribution in [0.25, 0.3) is 10.2 Å². The Labute approximate surface area is 173 Å². The molecule has 0 radical (unpaired) electrons. The van der Waals surface area contributed by atoms with Gasteiger partial charge in [-0.2, -0.15) is 4.98 Å². The number of morpholine rings is 1. The average molecular weight is 413 g/mol. The quantitative estimate of drug-likeness (QED) is 0.514. The lowest BCUT2D eigenvalue weighted by molar-refractivity contribution is -0.118. The van der Waals surface area contributed by atoms with Crippen molar-refractivity contribution in [3.8, 4) is 0 Å². The van der Waals surface area contributed by atoms with Crippen molar-refractivity contribution in [2.45, 2.75) is 6.92 Å². The molecule has 3 N–H and O–H groups in total. The van der Waals surface area contributed by atoms with Crippen LogP contribution in [0.4, 0.5) is 23.1 Å². The molecule has 1 aliphatic heterocycles. The molecule has 1 fully saturated rings. The molecule has 29 heavy (non-hydrogen) atoms. The van der Waals surface area contributed by atoms with Gasteiger partial charge in [0.05, 0.1) is 23.4 Å². The number of nitrogens with one attached hydrogen (secondary N) is 3. The van der Waals surface area contributed by atoms with Crippen molar-refractivity contribution < 1.29 is 9.53 Å². The first-order chi connectivity index (χ1) is 14.2.